The van der Waals surface area contributed by atoms with Crippen molar-refractivity contribution in [2.24, 2.45) is 5.92 Å². The minimum absolute atomic E-state index is 0.0194. The number of carbonyl (C=O) groups excluding carboxylic acids is 1. The lowest BCUT2D eigenvalue weighted by atomic mass is 9.79. The van der Waals surface area contributed by atoms with Crippen LogP contribution in [0, 0.1) is 5.92 Å². The molecule has 128 valence electrons. The van der Waals surface area contributed by atoms with E-state index in [1.54, 1.807) is 23.7 Å². The first-order valence-electron chi connectivity index (χ1n) is 8.83. The van der Waals surface area contributed by atoms with Crippen molar-refractivity contribution < 1.29 is 4.79 Å². The second kappa shape index (κ2) is 7.31. The topological polar surface area (TPSA) is 54.9 Å². The molecule has 25 heavy (non-hydrogen) atoms. The van der Waals surface area contributed by atoms with Crippen molar-refractivity contribution >= 4 is 27.5 Å². The van der Waals surface area contributed by atoms with Gasteiger partial charge in [-0.2, -0.15) is 0 Å². The number of pyridine rings is 1. The summed E-state index contributed by atoms with van der Waals surface area (Å²) in [6.07, 6.45) is 7.82. The number of carbonyl (C=O) groups is 1. The molecule has 4 rings (SSSR count). The largest absolute Gasteiger partial charge is 0.352 e. The van der Waals surface area contributed by atoms with Crippen LogP contribution in [0.1, 0.15) is 42.2 Å². The minimum atomic E-state index is 0.0194. The van der Waals surface area contributed by atoms with Crippen molar-refractivity contribution in [3.8, 4) is 0 Å². The predicted molar refractivity (Wildman–Crippen MR) is 100 cm³/mol. The van der Waals surface area contributed by atoms with Crippen molar-refractivity contribution in [3.05, 3.63) is 59.4 Å². The lowest BCUT2D eigenvalue weighted by Crippen LogP contribution is -2.35. The summed E-state index contributed by atoms with van der Waals surface area (Å²) in [5, 5.41) is 4.21. The van der Waals surface area contributed by atoms with Crippen LogP contribution in [0.15, 0.2) is 48.8 Å². The molecule has 4 nitrogen and oxygen atoms in total. The van der Waals surface area contributed by atoms with Gasteiger partial charge in [0.05, 0.1) is 15.2 Å². The molecule has 2 atom stereocenters. The zero-order valence-electron chi connectivity index (χ0n) is 14.0. The third-order valence-corrected chi connectivity index (χ3v) is 6.09. The summed E-state index contributed by atoms with van der Waals surface area (Å²) in [4.78, 5) is 21.7. The van der Waals surface area contributed by atoms with Crippen LogP contribution in [0.25, 0.3) is 10.2 Å². The smallest absolute Gasteiger partial charge is 0.224 e. The number of nitrogens with one attached hydrogen (secondary N) is 1. The van der Waals surface area contributed by atoms with Gasteiger partial charge in [0.1, 0.15) is 0 Å². The SMILES string of the molecule is O=C(NCc1cccnc1)C1CCCCC1c1nc2ccccc2s1. The molecular weight excluding hydrogens is 330 g/mol. The van der Waals surface area contributed by atoms with Gasteiger partial charge in [-0.15, -0.1) is 11.3 Å². The van der Waals surface area contributed by atoms with Gasteiger partial charge in [-0.25, -0.2) is 4.98 Å². The predicted octanol–water partition coefficient (Wildman–Crippen LogP) is 4.28. The summed E-state index contributed by atoms with van der Waals surface area (Å²) >= 11 is 1.74. The Balaban J connectivity index is 1.51. The molecule has 0 spiro atoms. The molecule has 2 aromatic heterocycles. The maximum Gasteiger partial charge on any atom is 0.224 e. The van der Waals surface area contributed by atoms with Gasteiger partial charge >= 0.3 is 0 Å². The highest BCUT2D eigenvalue weighted by molar-refractivity contribution is 7.18. The molecule has 1 amide bonds. The first kappa shape index (κ1) is 16.2. The van der Waals surface area contributed by atoms with Gasteiger partial charge < -0.3 is 5.32 Å². The fourth-order valence-electron chi connectivity index (χ4n) is 3.61. The first-order valence-corrected chi connectivity index (χ1v) is 9.65. The molecule has 0 radical (unpaired) electrons. The van der Waals surface area contributed by atoms with Crippen molar-refractivity contribution in [1.82, 2.24) is 15.3 Å². The lowest BCUT2D eigenvalue weighted by molar-refractivity contribution is -0.126. The van der Waals surface area contributed by atoms with E-state index in [4.69, 9.17) is 4.98 Å². The zero-order chi connectivity index (χ0) is 17.1. The van der Waals surface area contributed by atoms with Crippen LogP contribution in [0.5, 0.6) is 0 Å². The Bertz CT molecular complexity index is 829. The molecule has 3 aromatic rings. The minimum Gasteiger partial charge on any atom is -0.352 e. The van der Waals surface area contributed by atoms with E-state index in [1.165, 1.54) is 11.1 Å². The van der Waals surface area contributed by atoms with Crippen molar-refractivity contribution in [2.45, 2.75) is 38.1 Å². The van der Waals surface area contributed by atoms with Crippen molar-refractivity contribution in [1.29, 1.82) is 0 Å². The summed E-state index contributed by atoms with van der Waals surface area (Å²) in [5.41, 5.74) is 2.07. The number of hydrogen-bond donors (Lipinski definition) is 1. The molecule has 0 bridgehead atoms. The zero-order valence-corrected chi connectivity index (χ0v) is 14.8. The number of benzene rings is 1. The number of rotatable bonds is 4. The van der Waals surface area contributed by atoms with Crippen LogP contribution in [0.3, 0.4) is 0 Å². The average molecular weight is 351 g/mol. The maximum atomic E-state index is 12.8. The summed E-state index contributed by atoms with van der Waals surface area (Å²) < 4.78 is 1.21. The second-order valence-electron chi connectivity index (χ2n) is 6.60. The van der Waals surface area contributed by atoms with Crippen molar-refractivity contribution in [3.63, 3.8) is 0 Å². The fourth-order valence-corrected chi connectivity index (χ4v) is 4.78. The Hall–Kier alpha value is -2.27. The number of para-hydroxylation sites is 1. The Morgan fingerprint density at radius 2 is 2.04 bits per heavy atom. The average Bonchev–Trinajstić information content (AvgIpc) is 3.11. The van der Waals surface area contributed by atoms with E-state index < -0.39 is 0 Å². The van der Waals surface area contributed by atoms with Gasteiger partial charge in [0.25, 0.3) is 0 Å². The fraction of sp³-hybridized carbons (Fsp3) is 0.350. The molecule has 1 N–H and O–H groups in total. The van der Waals surface area contributed by atoms with Gasteiger partial charge in [0.2, 0.25) is 5.91 Å². The van der Waals surface area contributed by atoms with Crippen LogP contribution in [0.4, 0.5) is 0 Å². The standard InChI is InChI=1S/C20H21N3OS/c24-19(22-13-14-6-5-11-21-12-14)15-7-1-2-8-16(15)20-23-17-9-3-4-10-18(17)25-20/h3-6,9-12,15-16H,1-2,7-8,13H2,(H,22,24). The first-order chi connectivity index (χ1) is 12.3. The van der Waals surface area contributed by atoms with E-state index >= 15 is 0 Å². The number of aromatic nitrogens is 2. The molecule has 1 aliphatic carbocycles. The Labute approximate surface area is 151 Å². The number of nitrogens with zero attached hydrogens (tertiary/aromatic N) is 2. The van der Waals surface area contributed by atoms with Crippen molar-refractivity contribution in [2.75, 3.05) is 0 Å². The molecule has 1 aliphatic rings. The van der Waals surface area contributed by atoms with E-state index in [2.05, 4.69) is 22.4 Å². The van der Waals surface area contributed by atoms with Gasteiger partial charge in [-0.05, 0) is 36.6 Å². The monoisotopic (exact) mass is 351 g/mol. The van der Waals surface area contributed by atoms with E-state index in [-0.39, 0.29) is 17.7 Å². The molecule has 1 fully saturated rings. The molecule has 0 aliphatic heterocycles. The molecule has 1 aromatic carbocycles. The van der Waals surface area contributed by atoms with Crippen LogP contribution in [-0.2, 0) is 11.3 Å². The van der Waals surface area contributed by atoms with Crippen LogP contribution in [0.2, 0.25) is 0 Å². The molecule has 2 unspecified atom stereocenters. The third-order valence-electron chi connectivity index (χ3n) is 4.92. The Kier molecular flexibility index (Phi) is 4.74. The van der Waals surface area contributed by atoms with Gasteiger partial charge in [0, 0.05) is 30.8 Å². The highest BCUT2D eigenvalue weighted by Crippen LogP contribution is 2.40. The number of thiazole rings is 1. The number of hydrogen-bond acceptors (Lipinski definition) is 4. The Morgan fingerprint density at radius 1 is 1.16 bits per heavy atom. The van der Waals surface area contributed by atoms with E-state index in [0.717, 1.165) is 35.4 Å². The number of amides is 1. The Morgan fingerprint density at radius 3 is 2.88 bits per heavy atom. The van der Waals surface area contributed by atoms with Gasteiger partial charge in [0.15, 0.2) is 0 Å². The van der Waals surface area contributed by atoms with Crippen LogP contribution < -0.4 is 5.32 Å². The molecular formula is C20H21N3OS. The second-order valence-corrected chi connectivity index (χ2v) is 7.66. The summed E-state index contributed by atoms with van der Waals surface area (Å²) in [6.45, 7) is 0.537. The highest BCUT2D eigenvalue weighted by Gasteiger charge is 2.33. The van der Waals surface area contributed by atoms with E-state index in [1.807, 2.05) is 24.3 Å². The summed E-state index contributed by atoms with van der Waals surface area (Å²) in [5.74, 6) is 0.402. The number of fused-ring (bicyclic) bond motifs is 1. The van der Waals surface area contributed by atoms with E-state index in [9.17, 15) is 4.79 Å². The van der Waals surface area contributed by atoms with Crippen LogP contribution >= 0.6 is 11.3 Å². The third kappa shape index (κ3) is 3.56. The van der Waals surface area contributed by atoms with Gasteiger partial charge in [-0.3, -0.25) is 9.78 Å². The van der Waals surface area contributed by atoms with Crippen LogP contribution in [-0.4, -0.2) is 15.9 Å². The molecule has 5 heteroatoms. The maximum absolute atomic E-state index is 12.8. The molecule has 1 saturated carbocycles. The summed E-state index contributed by atoms with van der Waals surface area (Å²) in [6, 6.07) is 12.1. The van der Waals surface area contributed by atoms with E-state index in [0.29, 0.717) is 6.54 Å². The summed E-state index contributed by atoms with van der Waals surface area (Å²) in [7, 11) is 0. The van der Waals surface area contributed by atoms with Gasteiger partial charge in [-0.1, -0.05) is 31.0 Å². The highest BCUT2D eigenvalue weighted by atomic mass is 32.1. The molecule has 2 heterocycles. The quantitative estimate of drug-likeness (QED) is 0.763. The lowest BCUT2D eigenvalue weighted by Gasteiger charge is -2.29. The normalized spacial score (nSPS) is 20.5. The molecule has 0 saturated heterocycles.